The van der Waals surface area contributed by atoms with Crippen LogP contribution in [0.3, 0.4) is 0 Å². The number of hydrogen-bond donors (Lipinski definition) is 1. The van der Waals surface area contributed by atoms with Crippen molar-refractivity contribution in [1.82, 2.24) is 5.32 Å². The molecule has 2 heterocycles. The fraction of sp³-hybridized carbons (Fsp3) is 1.00. The molecular weight excluding hydrogens is 190 g/mol. The molecule has 0 radical (unpaired) electrons. The number of ether oxygens (including phenoxy) is 2. The second-order valence-electron chi connectivity index (χ2n) is 4.68. The second-order valence-corrected chi connectivity index (χ2v) is 4.68. The molecular formula is C12H23NO2. The summed E-state index contributed by atoms with van der Waals surface area (Å²) in [6.07, 6.45) is 6.58. The maximum atomic E-state index is 5.88. The molecule has 1 atom stereocenters. The Morgan fingerprint density at radius 3 is 2.80 bits per heavy atom. The van der Waals surface area contributed by atoms with Gasteiger partial charge in [0.25, 0.3) is 0 Å². The first-order valence-electron chi connectivity index (χ1n) is 6.35. The fourth-order valence-corrected chi connectivity index (χ4v) is 2.41. The van der Waals surface area contributed by atoms with E-state index in [-0.39, 0.29) is 0 Å². The third kappa shape index (κ3) is 4.09. The minimum atomic E-state index is 0.468. The van der Waals surface area contributed by atoms with Crippen molar-refractivity contribution in [2.24, 2.45) is 5.92 Å². The highest BCUT2D eigenvalue weighted by Gasteiger charge is 2.16. The normalized spacial score (nSPS) is 29.2. The van der Waals surface area contributed by atoms with Gasteiger partial charge in [-0.3, -0.25) is 0 Å². The monoisotopic (exact) mass is 213 g/mol. The van der Waals surface area contributed by atoms with Crippen molar-refractivity contribution < 1.29 is 9.47 Å². The molecule has 15 heavy (non-hydrogen) atoms. The highest BCUT2D eigenvalue weighted by molar-refractivity contribution is 4.69. The van der Waals surface area contributed by atoms with E-state index in [0.29, 0.717) is 6.10 Å². The summed E-state index contributed by atoms with van der Waals surface area (Å²) in [4.78, 5) is 0. The van der Waals surface area contributed by atoms with Crippen LogP contribution >= 0.6 is 0 Å². The van der Waals surface area contributed by atoms with Crippen LogP contribution in [0.2, 0.25) is 0 Å². The summed E-state index contributed by atoms with van der Waals surface area (Å²) in [7, 11) is 0. The van der Waals surface area contributed by atoms with Crippen LogP contribution in [-0.4, -0.2) is 39.0 Å². The first kappa shape index (κ1) is 11.4. The van der Waals surface area contributed by atoms with Gasteiger partial charge in [0.05, 0.1) is 6.10 Å². The molecule has 2 fully saturated rings. The van der Waals surface area contributed by atoms with Crippen molar-refractivity contribution in [2.75, 3.05) is 32.9 Å². The molecule has 1 N–H and O–H groups in total. The largest absolute Gasteiger partial charge is 0.381 e. The third-order valence-corrected chi connectivity index (χ3v) is 3.45. The smallest absolute Gasteiger partial charge is 0.0619 e. The summed E-state index contributed by atoms with van der Waals surface area (Å²) in [5.41, 5.74) is 0. The van der Waals surface area contributed by atoms with Crippen molar-refractivity contribution in [3.63, 3.8) is 0 Å². The Kier molecular flexibility index (Phi) is 4.90. The molecule has 0 aliphatic carbocycles. The summed E-state index contributed by atoms with van der Waals surface area (Å²) in [6.45, 7) is 5.11. The molecule has 0 aromatic rings. The van der Waals surface area contributed by atoms with E-state index in [1.54, 1.807) is 0 Å². The van der Waals surface area contributed by atoms with Gasteiger partial charge in [-0.1, -0.05) is 0 Å². The van der Waals surface area contributed by atoms with E-state index in [2.05, 4.69) is 5.32 Å². The first-order chi connectivity index (χ1) is 7.45. The van der Waals surface area contributed by atoms with Crippen LogP contribution in [0.15, 0.2) is 0 Å². The molecule has 2 aliphatic rings. The van der Waals surface area contributed by atoms with Gasteiger partial charge in [-0.15, -0.1) is 0 Å². The minimum Gasteiger partial charge on any atom is -0.381 e. The summed E-state index contributed by atoms with van der Waals surface area (Å²) in [6, 6.07) is 0. The Bertz CT molecular complexity index is 145. The highest BCUT2D eigenvalue weighted by Crippen LogP contribution is 2.16. The number of nitrogens with one attached hydrogen (secondary N) is 1. The molecule has 2 rings (SSSR count). The van der Waals surface area contributed by atoms with Gasteiger partial charge < -0.3 is 14.8 Å². The number of hydrogen-bond acceptors (Lipinski definition) is 3. The van der Waals surface area contributed by atoms with E-state index < -0.39 is 0 Å². The van der Waals surface area contributed by atoms with E-state index in [1.165, 1.54) is 32.4 Å². The SMILES string of the molecule is C1CNCC(CCOC2CCOCC2)C1. The average Bonchev–Trinajstić information content (AvgIpc) is 2.32. The van der Waals surface area contributed by atoms with E-state index in [4.69, 9.17) is 9.47 Å². The van der Waals surface area contributed by atoms with Gasteiger partial charge in [-0.2, -0.15) is 0 Å². The molecule has 0 aromatic heterocycles. The zero-order valence-corrected chi connectivity index (χ0v) is 9.54. The van der Waals surface area contributed by atoms with E-state index in [1.807, 2.05) is 0 Å². The molecule has 2 saturated heterocycles. The number of rotatable bonds is 4. The molecule has 0 amide bonds. The first-order valence-corrected chi connectivity index (χ1v) is 6.35. The maximum Gasteiger partial charge on any atom is 0.0619 e. The van der Waals surface area contributed by atoms with E-state index in [0.717, 1.165) is 38.6 Å². The average molecular weight is 213 g/mol. The zero-order valence-electron chi connectivity index (χ0n) is 9.54. The van der Waals surface area contributed by atoms with Gasteiger partial charge in [-0.05, 0) is 51.1 Å². The van der Waals surface area contributed by atoms with Gasteiger partial charge in [0.2, 0.25) is 0 Å². The van der Waals surface area contributed by atoms with Crippen LogP contribution < -0.4 is 5.32 Å². The number of piperidine rings is 1. The molecule has 3 heteroatoms. The molecule has 0 spiro atoms. The summed E-state index contributed by atoms with van der Waals surface area (Å²) >= 11 is 0. The van der Waals surface area contributed by atoms with E-state index in [9.17, 15) is 0 Å². The molecule has 1 unspecified atom stereocenters. The summed E-state index contributed by atoms with van der Waals surface area (Å²) in [5, 5.41) is 3.45. The Hall–Kier alpha value is -0.120. The highest BCUT2D eigenvalue weighted by atomic mass is 16.5. The van der Waals surface area contributed by atoms with Crippen molar-refractivity contribution in [1.29, 1.82) is 0 Å². The Labute approximate surface area is 92.5 Å². The zero-order chi connectivity index (χ0) is 10.3. The summed E-state index contributed by atoms with van der Waals surface area (Å²) < 4.78 is 11.2. The van der Waals surface area contributed by atoms with Crippen molar-refractivity contribution in [3.8, 4) is 0 Å². The molecule has 3 nitrogen and oxygen atoms in total. The van der Waals surface area contributed by atoms with Crippen molar-refractivity contribution in [2.45, 2.75) is 38.2 Å². The quantitative estimate of drug-likeness (QED) is 0.769. The third-order valence-electron chi connectivity index (χ3n) is 3.45. The Morgan fingerprint density at radius 2 is 2.07 bits per heavy atom. The van der Waals surface area contributed by atoms with Crippen molar-refractivity contribution in [3.05, 3.63) is 0 Å². The predicted molar refractivity (Wildman–Crippen MR) is 60.0 cm³/mol. The minimum absolute atomic E-state index is 0.468. The van der Waals surface area contributed by atoms with Crippen LogP contribution in [0.25, 0.3) is 0 Å². The van der Waals surface area contributed by atoms with Gasteiger partial charge >= 0.3 is 0 Å². The van der Waals surface area contributed by atoms with Gasteiger partial charge in [0, 0.05) is 19.8 Å². The standard InChI is InChI=1S/C12H23NO2/c1-2-11(10-13-6-1)3-9-15-12-4-7-14-8-5-12/h11-13H,1-10H2. The predicted octanol–water partition coefficient (Wildman–Crippen LogP) is 1.57. The topological polar surface area (TPSA) is 30.5 Å². The molecule has 0 bridgehead atoms. The van der Waals surface area contributed by atoms with Crippen LogP contribution in [0.5, 0.6) is 0 Å². The van der Waals surface area contributed by atoms with Gasteiger partial charge in [-0.25, -0.2) is 0 Å². The van der Waals surface area contributed by atoms with Crippen LogP contribution in [0.1, 0.15) is 32.1 Å². The fourth-order valence-electron chi connectivity index (χ4n) is 2.41. The summed E-state index contributed by atoms with van der Waals surface area (Å²) in [5.74, 6) is 0.846. The second kappa shape index (κ2) is 6.46. The van der Waals surface area contributed by atoms with Crippen LogP contribution in [-0.2, 0) is 9.47 Å². The van der Waals surface area contributed by atoms with Crippen LogP contribution in [0.4, 0.5) is 0 Å². The molecule has 2 aliphatic heterocycles. The lowest BCUT2D eigenvalue weighted by Gasteiger charge is -2.25. The molecule has 0 saturated carbocycles. The van der Waals surface area contributed by atoms with E-state index >= 15 is 0 Å². The molecule has 0 aromatic carbocycles. The lowest BCUT2D eigenvalue weighted by atomic mass is 9.97. The van der Waals surface area contributed by atoms with Crippen molar-refractivity contribution >= 4 is 0 Å². The lowest BCUT2D eigenvalue weighted by molar-refractivity contribution is -0.0356. The maximum absolute atomic E-state index is 5.88. The van der Waals surface area contributed by atoms with Crippen LogP contribution in [0, 0.1) is 5.92 Å². The Morgan fingerprint density at radius 1 is 1.20 bits per heavy atom. The van der Waals surface area contributed by atoms with Gasteiger partial charge in [0.1, 0.15) is 0 Å². The van der Waals surface area contributed by atoms with Gasteiger partial charge in [0.15, 0.2) is 0 Å². The molecule has 88 valence electrons. The Balaban J connectivity index is 1.53. The lowest BCUT2D eigenvalue weighted by Crippen LogP contribution is -2.31.